The van der Waals surface area contributed by atoms with E-state index >= 15 is 0 Å². The Morgan fingerprint density at radius 1 is 0.889 bits per heavy atom. The van der Waals surface area contributed by atoms with Gasteiger partial charge in [-0.15, -0.1) is 0 Å². The minimum Gasteiger partial charge on any atom is -0.414 e. The highest BCUT2D eigenvalue weighted by atomic mass is 28.4. The minimum absolute atomic E-state index is 0.0291. The van der Waals surface area contributed by atoms with Gasteiger partial charge in [-0.2, -0.15) is 0 Å². The number of ether oxygens (including phenoxy) is 1. The van der Waals surface area contributed by atoms with E-state index in [1.54, 1.807) is 0 Å². The lowest BCUT2D eigenvalue weighted by atomic mass is 9.92. The number of rotatable bonds is 6. The Morgan fingerprint density at radius 2 is 1.22 bits per heavy atom. The van der Waals surface area contributed by atoms with Crippen LogP contribution in [0.3, 0.4) is 0 Å². The summed E-state index contributed by atoms with van der Waals surface area (Å²) in [6, 6.07) is 0. The van der Waals surface area contributed by atoms with Gasteiger partial charge < -0.3 is 13.6 Å². The van der Waals surface area contributed by atoms with Crippen LogP contribution >= 0.6 is 0 Å². The normalized spacial score (nSPS) is 36.6. The molecule has 4 atom stereocenters. The first-order chi connectivity index (χ1) is 12.8. The summed E-state index contributed by atoms with van der Waals surface area (Å²) in [5.74, 6) is 0.0564. The zero-order valence-corrected chi connectivity index (χ0v) is 21.1. The van der Waals surface area contributed by atoms with Gasteiger partial charge in [0.25, 0.3) is 0 Å². The molecule has 4 unspecified atom stereocenters. The van der Waals surface area contributed by atoms with Crippen molar-refractivity contribution < 1.29 is 21.1 Å². The number of carbonyl (C=O) groups is 1. The van der Waals surface area contributed by atoms with E-state index in [9.17, 15) is 4.79 Å². The van der Waals surface area contributed by atoms with Crippen molar-refractivity contribution in [3.05, 3.63) is 0 Å². The van der Waals surface area contributed by atoms with Crippen LogP contribution < -0.4 is 0 Å². The smallest absolute Gasteiger partial charge is 0.192 e. The fourth-order valence-corrected chi connectivity index (χ4v) is 5.07. The van der Waals surface area contributed by atoms with Gasteiger partial charge in [-0.3, -0.25) is 4.79 Å². The molecule has 0 N–H and O–H groups in total. The molecule has 6 heteroatoms. The van der Waals surface area contributed by atoms with Crippen molar-refractivity contribution in [1.29, 1.82) is 0 Å². The van der Waals surface area contributed by atoms with Gasteiger partial charge in [0.2, 0.25) is 0 Å². The summed E-state index contributed by atoms with van der Waals surface area (Å²) in [7, 11) is -4.13. The van der Waals surface area contributed by atoms with E-state index in [4.69, 9.17) is 16.3 Å². The van der Waals surface area contributed by atoms with Crippen molar-refractivity contribution in [3.8, 4) is 0 Å². The second-order valence-corrected chi connectivity index (χ2v) is 21.2. The number of hydrogen-bond acceptors (Lipinski definition) is 4. The Kier molecular flexibility index (Phi) is 5.29. The first-order valence-corrected chi connectivity index (χ1v) is 15.9. The third-order valence-electron chi connectivity index (χ3n) is 7.06. The van der Waals surface area contributed by atoms with Crippen LogP contribution in [0.1, 0.15) is 69.9 Å². The molecule has 2 bridgehead atoms. The molecule has 0 radical (unpaired) electrons. The van der Waals surface area contributed by atoms with Gasteiger partial charge >= 0.3 is 0 Å². The van der Waals surface area contributed by atoms with Crippen molar-refractivity contribution in [2.24, 2.45) is 0 Å². The first kappa shape index (κ1) is 20.3. The molecule has 4 nitrogen and oxygen atoms in total. The Hall–Kier alpha value is -0.0162. The van der Waals surface area contributed by atoms with Crippen LogP contribution in [0, 0.1) is 0 Å². The molecule has 0 saturated carbocycles. The van der Waals surface area contributed by atoms with Gasteiger partial charge in [0.1, 0.15) is 5.78 Å². The zero-order chi connectivity index (χ0) is 22.7. The van der Waals surface area contributed by atoms with Crippen LogP contribution in [0.25, 0.3) is 0 Å². The minimum atomic E-state index is -2.07. The third-order valence-corrected chi connectivity index (χ3v) is 16.0. The molecular formula is C21H42O4Si2. The maximum absolute atomic E-state index is 12.7. The predicted molar refractivity (Wildman–Crippen MR) is 116 cm³/mol. The lowest BCUT2D eigenvalue weighted by molar-refractivity contribution is -0.176. The highest BCUT2D eigenvalue weighted by Gasteiger charge is 2.57. The van der Waals surface area contributed by atoms with Crippen molar-refractivity contribution >= 4 is 22.4 Å². The van der Waals surface area contributed by atoms with E-state index in [1.807, 2.05) is 0 Å². The first-order valence-electron chi connectivity index (χ1n) is 11.3. The fourth-order valence-electron chi connectivity index (χ4n) is 2.99. The summed E-state index contributed by atoms with van der Waals surface area (Å²) in [6.07, 6.45) is -1.32. The average molecular weight is 417 g/mol. The summed E-state index contributed by atoms with van der Waals surface area (Å²) in [6.45, 7) is 22.1. The van der Waals surface area contributed by atoms with E-state index in [-0.39, 0.29) is 41.9 Å². The Balaban J connectivity index is 2.26. The van der Waals surface area contributed by atoms with Gasteiger partial charge in [-0.1, -0.05) is 41.5 Å². The van der Waals surface area contributed by atoms with Gasteiger partial charge in [0.05, 0.1) is 24.4 Å². The molecule has 0 aromatic rings. The van der Waals surface area contributed by atoms with E-state index in [0.717, 1.165) is 0 Å². The van der Waals surface area contributed by atoms with Crippen LogP contribution in [0.2, 0.25) is 36.3 Å². The number of fused-ring (bicyclic) bond motifs is 2. The maximum Gasteiger partial charge on any atom is 0.192 e. The molecule has 0 amide bonds. The lowest BCUT2D eigenvalue weighted by Gasteiger charge is -2.44. The molecule has 158 valence electrons. The van der Waals surface area contributed by atoms with Crippen LogP contribution in [-0.2, 0) is 18.4 Å². The zero-order valence-electron chi connectivity index (χ0n) is 21.1. The van der Waals surface area contributed by atoms with E-state index in [2.05, 4.69) is 67.7 Å². The molecule has 0 aromatic heterocycles. The standard InChI is InChI=1S/C21H42O4Si2/c1-18(2,3)26(7,8)23-15-20-11-12-21(25-20,14-17(22)13-20)16-24-27(9,10)19(4,5)6/h11-16H2,1-10H3/i11D,12D. The van der Waals surface area contributed by atoms with Gasteiger partial charge in [-0.25, -0.2) is 0 Å². The quantitative estimate of drug-likeness (QED) is 0.522. The second-order valence-electron chi connectivity index (χ2n) is 11.6. The van der Waals surface area contributed by atoms with Crippen molar-refractivity contribution in [2.45, 2.75) is 115 Å². The Bertz CT molecular complexity index is 590. The van der Waals surface area contributed by atoms with E-state index < -0.39 is 40.6 Å². The molecular weight excluding hydrogens is 372 g/mol. The SMILES string of the molecule is [2H]C1C([2H])C2(CO[Si](C)(C)C(C)(C)C)CC(=O)CC1(CO[Si](C)(C)C(C)(C)C)O2. The highest BCUT2D eigenvalue weighted by molar-refractivity contribution is 6.74. The average Bonchev–Trinajstić information content (AvgIpc) is 2.68. The van der Waals surface area contributed by atoms with Crippen molar-refractivity contribution in [2.75, 3.05) is 13.2 Å². The molecule has 0 aliphatic carbocycles. The fraction of sp³-hybridized carbons (Fsp3) is 0.952. The largest absolute Gasteiger partial charge is 0.414 e. The van der Waals surface area contributed by atoms with Crippen molar-refractivity contribution in [1.82, 2.24) is 0 Å². The molecule has 2 heterocycles. The van der Waals surface area contributed by atoms with Crippen LogP contribution in [0.5, 0.6) is 0 Å². The summed E-state index contributed by atoms with van der Waals surface area (Å²) in [5, 5.41) is 0.0582. The topological polar surface area (TPSA) is 44.8 Å². The molecule has 2 saturated heterocycles. The summed E-state index contributed by atoms with van der Waals surface area (Å²) >= 11 is 0. The Morgan fingerprint density at radius 3 is 1.52 bits per heavy atom. The number of hydrogen-bond donors (Lipinski definition) is 0. The monoisotopic (exact) mass is 416 g/mol. The second kappa shape index (κ2) is 7.04. The molecule has 2 fully saturated rings. The lowest BCUT2D eigenvalue weighted by Crippen LogP contribution is -2.53. The molecule has 2 rings (SSSR count). The summed E-state index contributed by atoms with van der Waals surface area (Å²) in [5.41, 5.74) is -2.07. The number of carbonyl (C=O) groups excluding carboxylic acids is 1. The van der Waals surface area contributed by atoms with Crippen molar-refractivity contribution in [3.63, 3.8) is 0 Å². The molecule has 2 aliphatic heterocycles. The molecule has 2 aliphatic rings. The third kappa shape index (κ3) is 4.94. The number of Topliss-reactive ketones (excluding diaryl/α,β-unsaturated/α-hetero) is 1. The molecule has 27 heavy (non-hydrogen) atoms. The number of ketones is 1. The maximum atomic E-state index is 12.7. The molecule has 0 spiro atoms. The summed E-state index contributed by atoms with van der Waals surface area (Å²) in [4.78, 5) is 12.7. The van der Waals surface area contributed by atoms with Gasteiger partial charge in [-0.05, 0) is 49.1 Å². The van der Waals surface area contributed by atoms with Crippen LogP contribution in [-0.4, -0.2) is 46.8 Å². The van der Waals surface area contributed by atoms with Gasteiger partial charge in [0, 0.05) is 15.6 Å². The van der Waals surface area contributed by atoms with Gasteiger partial charge in [0.15, 0.2) is 16.6 Å². The Labute approximate surface area is 171 Å². The van der Waals surface area contributed by atoms with Crippen LogP contribution in [0.4, 0.5) is 0 Å². The molecule has 0 aromatic carbocycles. The van der Waals surface area contributed by atoms with Crippen LogP contribution in [0.15, 0.2) is 0 Å². The summed E-state index contributed by atoms with van der Waals surface area (Å²) < 4.78 is 36.8. The van der Waals surface area contributed by atoms with E-state index in [0.29, 0.717) is 0 Å². The highest BCUT2D eigenvalue weighted by Crippen LogP contribution is 2.49. The predicted octanol–water partition coefficient (Wildman–Crippen LogP) is 5.68. The van der Waals surface area contributed by atoms with E-state index in [1.165, 1.54) is 0 Å².